The minimum atomic E-state index is -0.275. The van der Waals surface area contributed by atoms with Gasteiger partial charge in [0.15, 0.2) is 18.1 Å². The Kier molecular flexibility index (Phi) is 28.7. The van der Waals surface area contributed by atoms with Gasteiger partial charge in [-0.15, -0.1) is 0 Å². The number of ketones is 2. The Labute approximate surface area is 306 Å². The van der Waals surface area contributed by atoms with Crippen molar-refractivity contribution in [2.75, 3.05) is 81.4 Å². The molecule has 0 aromatic heterocycles. The van der Waals surface area contributed by atoms with E-state index in [1.165, 1.54) is 4.90 Å². The Morgan fingerprint density at radius 2 is 1.30 bits per heavy atom. The number of carbonyl (C=O) groups is 4. The number of fused-ring (bicyclic) bond motifs is 2. The number of amides is 2. The largest absolute Gasteiger partial charge is 0.384 e. The number of benzene rings is 2. The summed E-state index contributed by atoms with van der Waals surface area (Å²) in [5.41, 5.74) is 2.14. The first-order chi connectivity index (χ1) is 22.6. The summed E-state index contributed by atoms with van der Waals surface area (Å²) in [5, 5.41) is 10.1. The molecule has 12 heteroatoms. The molecule has 2 aromatic rings. The van der Waals surface area contributed by atoms with Gasteiger partial charge in [0.05, 0.1) is 51.0 Å². The van der Waals surface area contributed by atoms with Gasteiger partial charge in [-0.3, -0.25) is 19.2 Å². The zero-order valence-electron chi connectivity index (χ0n) is 29.9. The average Bonchev–Trinajstić information content (AvgIpc) is 3.08. The zero-order valence-corrected chi connectivity index (χ0v) is 33.9. The first-order valence-electron chi connectivity index (χ1n) is 16.4. The van der Waals surface area contributed by atoms with Crippen LogP contribution < -0.4 is 25.8 Å². The minimum Gasteiger partial charge on any atom is -0.384 e. The number of rotatable bonds is 14. The van der Waals surface area contributed by atoms with Crippen molar-refractivity contribution in [2.45, 2.75) is 53.9 Å². The highest BCUT2D eigenvalue weighted by atomic mass is 79.9. The highest BCUT2D eigenvalue weighted by molar-refractivity contribution is 9.09. The molecule has 0 radical (unpaired) electrons. The highest BCUT2D eigenvalue weighted by Gasteiger charge is 2.34. The van der Waals surface area contributed by atoms with Crippen LogP contribution in [0.1, 0.15) is 85.7 Å². The normalized spacial score (nSPS) is 11.3. The number of likely N-dealkylation sites (N-methyl/N-ethyl adjacent to an activating group) is 1. The molecule has 2 amide bonds. The topological polar surface area (TPSA) is 113 Å². The molecule has 0 saturated heterocycles. The van der Waals surface area contributed by atoms with Gasteiger partial charge in [0.1, 0.15) is 0 Å². The lowest BCUT2D eigenvalue weighted by molar-refractivity contribution is -0.871. The number of nitrogens with one attached hydrogen (secondary N) is 5. The minimum absolute atomic E-state index is 0.0121. The van der Waals surface area contributed by atoms with E-state index in [1.54, 1.807) is 36.4 Å². The van der Waals surface area contributed by atoms with Crippen LogP contribution in [0.25, 0.3) is 0 Å². The van der Waals surface area contributed by atoms with Crippen molar-refractivity contribution in [3.8, 4) is 0 Å². The maximum atomic E-state index is 13.5. The Bertz CT molecular complexity index is 1210. The maximum Gasteiger partial charge on any atom is 0.275 e. The number of anilines is 2. The summed E-state index contributed by atoms with van der Waals surface area (Å²) in [7, 11) is 6.02. The van der Waals surface area contributed by atoms with E-state index in [0.29, 0.717) is 54.3 Å². The maximum absolute atomic E-state index is 13.5. The van der Waals surface area contributed by atoms with Gasteiger partial charge in [0.25, 0.3) is 5.91 Å². The van der Waals surface area contributed by atoms with Crippen LogP contribution in [-0.4, -0.2) is 94.2 Å². The molecule has 1 atom stereocenters. The van der Waals surface area contributed by atoms with Crippen LogP contribution in [0, 0.1) is 0 Å². The third-order valence-corrected chi connectivity index (χ3v) is 6.65. The lowest BCUT2D eigenvalue weighted by Gasteiger charge is -2.23. The van der Waals surface area contributed by atoms with E-state index in [4.69, 9.17) is 0 Å². The lowest BCUT2D eigenvalue weighted by Crippen LogP contribution is -3.10. The quantitative estimate of drug-likeness (QED) is 0.0834. The molecule has 266 valence electrons. The van der Waals surface area contributed by atoms with E-state index in [0.717, 1.165) is 36.2 Å². The number of halogens is 2. The number of thiol groups is 1. The van der Waals surface area contributed by atoms with Gasteiger partial charge in [-0.1, -0.05) is 90.7 Å². The van der Waals surface area contributed by atoms with Gasteiger partial charge in [0, 0.05) is 60.2 Å². The molecule has 9 nitrogen and oxygen atoms in total. The molecule has 1 aliphatic carbocycles. The fraction of sp³-hybridized carbons (Fsp3) is 0.543. The third kappa shape index (κ3) is 17.1. The van der Waals surface area contributed by atoms with Gasteiger partial charge < -0.3 is 25.8 Å². The van der Waals surface area contributed by atoms with Gasteiger partial charge in [-0.25, -0.2) is 0 Å². The van der Waals surface area contributed by atoms with E-state index >= 15 is 0 Å². The molecule has 0 fully saturated rings. The Morgan fingerprint density at radius 3 is 1.81 bits per heavy atom. The van der Waals surface area contributed by atoms with Crippen LogP contribution in [0.5, 0.6) is 0 Å². The molecule has 0 saturated carbocycles. The van der Waals surface area contributed by atoms with Gasteiger partial charge in [0.2, 0.25) is 5.91 Å². The van der Waals surface area contributed by atoms with Crippen LogP contribution in [0.15, 0.2) is 36.4 Å². The smallest absolute Gasteiger partial charge is 0.275 e. The van der Waals surface area contributed by atoms with E-state index in [9.17, 15) is 19.2 Å². The van der Waals surface area contributed by atoms with Crippen molar-refractivity contribution in [3.63, 3.8) is 0 Å². The summed E-state index contributed by atoms with van der Waals surface area (Å²) in [6.45, 7) is 13.1. The predicted octanol–water partition coefficient (Wildman–Crippen LogP) is 4.15. The van der Waals surface area contributed by atoms with Crippen LogP contribution in [-0.2, 0) is 9.59 Å². The molecule has 5 N–H and O–H groups in total. The Morgan fingerprint density at radius 1 is 0.787 bits per heavy atom. The fourth-order valence-electron chi connectivity index (χ4n) is 4.52. The molecule has 2 aromatic carbocycles. The first-order valence-corrected chi connectivity index (χ1v) is 19.8. The van der Waals surface area contributed by atoms with Gasteiger partial charge >= 0.3 is 0 Å². The second kappa shape index (κ2) is 28.7. The molecular formula is C35H59Br2N5O4S+2. The summed E-state index contributed by atoms with van der Waals surface area (Å²) in [6.07, 6.45) is 1.81. The second-order valence-corrected chi connectivity index (χ2v) is 11.8. The standard InChI is InChI=1S/C28H37N5O4S.C2H5Br.2C2H6.CH3Br/c1-32(2)15-6-10-23(34)31-22-12-11-21(29-13-7-16-33(3)18-24(35)30-14-17-38)25-26(22)28(37)20-9-5-4-8-19(20)27(25)36;1-2-3;3*1-2/h4-5,8-9,11-12,29,38H,6-7,10,13-18H2,1-3H3,(H,30,35)(H,31,34);2H2,1H3;2*1-2H3;1H3/p+2. The highest BCUT2D eigenvalue weighted by Crippen LogP contribution is 2.36. The number of quaternary nitrogens is 2. The molecule has 47 heavy (non-hydrogen) atoms. The van der Waals surface area contributed by atoms with Gasteiger partial charge in [-0.05, 0) is 18.0 Å². The molecule has 0 aliphatic heterocycles. The number of hydrogen-bond donors (Lipinski definition) is 6. The molecule has 0 spiro atoms. The van der Waals surface area contributed by atoms with E-state index in [1.807, 2.05) is 61.6 Å². The van der Waals surface area contributed by atoms with E-state index in [-0.39, 0.29) is 34.5 Å². The molecular weight excluding hydrogens is 746 g/mol. The van der Waals surface area contributed by atoms with Crippen LogP contribution >= 0.6 is 44.5 Å². The molecule has 1 aliphatic rings. The van der Waals surface area contributed by atoms with E-state index < -0.39 is 0 Å². The number of carbonyl (C=O) groups excluding carboxylic acids is 4. The van der Waals surface area contributed by atoms with Crippen LogP contribution in [0.4, 0.5) is 11.4 Å². The Balaban J connectivity index is 0. The SMILES string of the molecule is CBr.CC.CC.CCBr.C[NH+](C)CCCC(=O)Nc1ccc(NCCC[NH+](C)CC(=O)NCCS)c2c1C(=O)c1ccccc1C2=O. The monoisotopic (exact) mass is 803 g/mol. The van der Waals surface area contributed by atoms with E-state index in [2.05, 4.69) is 60.4 Å². The van der Waals surface area contributed by atoms with Crippen LogP contribution in [0.3, 0.4) is 0 Å². The van der Waals surface area contributed by atoms with Crippen molar-refractivity contribution in [1.29, 1.82) is 0 Å². The van der Waals surface area contributed by atoms with Gasteiger partial charge in [-0.2, -0.15) is 12.6 Å². The van der Waals surface area contributed by atoms with Crippen molar-refractivity contribution < 1.29 is 29.0 Å². The van der Waals surface area contributed by atoms with Crippen molar-refractivity contribution in [2.24, 2.45) is 0 Å². The lowest BCUT2D eigenvalue weighted by atomic mass is 9.82. The first kappa shape index (κ1) is 46.9. The number of alkyl halides is 2. The summed E-state index contributed by atoms with van der Waals surface area (Å²) < 4.78 is 0. The molecule has 0 bridgehead atoms. The van der Waals surface area contributed by atoms with Crippen molar-refractivity contribution >= 4 is 79.2 Å². The third-order valence-electron chi connectivity index (χ3n) is 6.42. The fourth-order valence-corrected chi connectivity index (χ4v) is 4.63. The van der Waals surface area contributed by atoms with Crippen LogP contribution in [0.2, 0.25) is 0 Å². The van der Waals surface area contributed by atoms with Crippen molar-refractivity contribution in [1.82, 2.24) is 5.32 Å². The number of hydrogen-bond acceptors (Lipinski definition) is 6. The predicted molar refractivity (Wildman–Crippen MR) is 209 cm³/mol. The summed E-state index contributed by atoms with van der Waals surface area (Å²) in [6, 6.07) is 10.2. The molecule has 1 unspecified atom stereocenters. The molecule has 0 heterocycles. The zero-order chi connectivity index (χ0) is 36.4. The summed E-state index contributed by atoms with van der Waals surface area (Å²) >= 11 is 10.2. The Hall–Kier alpha value is -2.25. The summed E-state index contributed by atoms with van der Waals surface area (Å²) in [4.78, 5) is 53.9. The molecule has 3 rings (SSSR count). The summed E-state index contributed by atoms with van der Waals surface area (Å²) in [5.74, 6) is 1.70. The van der Waals surface area contributed by atoms with Crippen molar-refractivity contribution in [3.05, 3.63) is 58.7 Å². The average molecular weight is 806 g/mol. The second-order valence-electron chi connectivity index (χ2n) is 10.2.